The number of aromatic nitrogens is 2. The van der Waals surface area contributed by atoms with Gasteiger partial charge in [-0.2, -0.15) is 0 Å². The molecule has 1 aromatic carbocycles. The molecule has 3 heteroatoms. The van der Waals surface area contributed by atoms with Crippen LogP contribution in [-0.4, -0.2) is 9.55 Å². The summed E-state index contributed by atoms with van der Waals surface area (Å²) in [6.45, 7) is 10.9. The number of fused-ring (bicyclic) bond motifs is 1. The van der Waals surface area contributed by atoms with Gasteiger partial charge in [0.25, 0.3) is 0 Å². The van der Waals surface area contributed by atoms with Crippen LogP contribution >= 0.6 is 11.6 Å². The first kappa shape index (κ1) is 14.4. The summed E-state index contributed by atoms with van der Waals surface area (Å²) < 4.78 is 2.34. The molecule has 2 rings (SSSR count). The van der Waals surface area contributed by atoms with Gasteiger partial charge in [-0.05, 0) is 38.3 Å². The van der Waals surface area contributed by atoms with Crippen molar-refractivity contribution in [1.82, 2.24) is 9.55 Å². The highest BCUT2D eigenvalue weighted by molar-refractivity contribution is 6.20. The molecule has 0 radical (unpaired) electrons. The van der Waals surface area contributed by atoms with Crippen LogP contribution in [0, 0.1) is 12.8 Å². The number of imidazole rings is 1. The molecule has 0 aliphatic rings. The Morgan fingerprint density at radius 3 is 2.53 bits per heavy atom. The zero-order valence-corrected chi connectivity index (χ0v) is 13.2. The fourth-order valence-corrected chi connectivity index (χ4v) is 2.78. The molecule has 1 heterocycles. The van der Waals surface area contributed by atoms with E-state index in [4.69, 9.17) is 16.6 Å². The van der Waals surface area contributed by atoms with Crippen molar-refractivity contribution in [2.24, 2.45) is 5.92 Å². The maximum atomic E-state index is 6.34. The summed E-state index contributed by atoms with van der Waals surface area (Å²) in [5.74, 6) is 1.59. The van der Waals surface area contributed by atoms with Crippen LogP contribution in [0.1, 0.15) is 56.9 Å². The van der Waals surface area contributed by atoms with Crippen LogP contribution in [0.25, 0.3) is 11.0 Å². The molecule has 0 N–H and O–H groups in total. The van der Waals surface area contributed by atoms with Crippen molar-refractivity contribution in [2.45, 2.75) is 52.5 Å². The van der Waals surface area contributed by atoms with Gasteiger partial charge in [-0.3, -0.25) is 0 Å². The zero-order chi connectivity index (χ0) is 14.2. The largest absolute Gasteiger partial charge is 0.323 e. The van der Waals surface area contributed by atoms with Crippen LogP contribution in [0.3, 0.4) is 0 Å². The van der Waals surface area contributed by atoms with Crippen molar-refractivity contribution in [1.29, 1.82) is 0 Å². The van der Waals surface area contributed by atoms with Crippen LogP contribution in [0.2, 0.25) is 0 Å². The Balaban J connectivity index is 2.71. The molecular weight excluding hydrogens is 256 g/mol. The minimum absolute atomic E-state index is 0.0710. The van der Waals surface area contributed by atoms with Gasteiger partial charge in [-0.15, -0.1) is 11.6 Å². The Bertz CT molecular complexity index is 571. The van der Waals surface area contributed by atoms with Crippen LogP contribution in [-0.2, 0) is 0 Å². The fourth-order valence-electron chi connectivity index (χ4n) is 2.63. The van der Waals surface area contributed by atoms with E-state index in [0.29, 0.717) is 12.0 Å². The van der Waals surface area contributed by atoms with Gasteiger partial charge in [-0.1, -0.05) is 32.4 Å². The van der Waals surface area contributed by atoms with E-state index in [1.807, 2.05) is 6.92 Å². The third kappa shape index (κ3) is 2.51. The first-order chi connectivity index (χ1) is 8.97. The Hall–Kier alpha value is -1.02. The lowest BCUT2D eigenvalue weighted by Crippen LogP contribution is -2.16. The van der Waals surface area contributed by atoms with Gasteiger partial charge in [0.1, 0.15) is 5.82 Å². The van der Waals surface area contributed by atoms with E-state index in [0.717, 1.165) is 17.8 Å². The van der Waals surface area contributed by atoms with Gasteiger partial charge in [-0.25, -0.2) is 4.98 Å². The average molecular weight is 279 g/mol. The molecule has 3 unspecified atom stereocenters. The molecule has 0 fully saturated rings. The molecule has 2 aromatic rings. The minimum atomic E-state index is -0.0710. The quantitative estimate of drug-likeness (QED) is 0.698. The van der Waals surface area contributed by atoms with E-state index in [-0.39, 0.29) is 5.38 Å². The minimum Gasteiger partial charge on any atom is -0.323 e. The SMILES string of the molecule is CCC(C)C(C)n1c(C(C)Cl)nc2cccc(C)c21. The summed E-state index contributed by atoms with van der Waals surface area (Å²) in [6, 6.07) is 6.69. The van der Waals surface area contributed by atoms with Crippen LogP contribution < -0.4 is 0 Å². The maximum Gasteiger partial charge on any atom is 0.127 e. The fraction of sp³-hybridized carbons (Fsp3) is 0.562. The highest BCUT2D eigenvalue weighted by atomic mass is 35.5. The van der Waals surface area contributed by atoms with E-state index in [1.54, 1.807) is 0 Å². The van der Waals surface area contributed by atoms with E-state index in [2.05, 4.69) is 50.5 Å². The van der Waals surface area contributed by atoms with Crippen LogP contribution in [0.15, 0.2) is 18.2 Å². The predicted molar refractivity (Wildman–Crippen MR) is 82.9 cm³/mol. The summed E-state index contributed by atoms with van der Waals surface area (Å²) in [5.41, 5.74) is 3.55. The summed E-state index contributed by atoms with van der Waals surface area (Å²) in [5, 5.41) is -0.0710. The van der Waals surface area contributed by atoms with Crippen molar-refractivity contribution in [3.8, 4) is 0 Å². The molecule has 3 atom stereocenters. The molecule has 0 amide bonds. The van der Waals surface area contributed by atoms with Crippen molar-refractivity contribution >= 4 is 22.6 Å². The lowest BCUT2D eigenvalue weighted by atomic mass is 10.00. The first-order valence-corrected chi connectivity index (χ1v) is 7.52. The first-order valence-electron chi connectivity index (χ1n) is 7.08. The number of aryl methyl sites for hydroxylation is 1. The predicted octanol–water partition coefficient (Wildman–Crippen LogP) is 5.25. The highest BCUT2D eigenvalue weighted by Crippen LogP contribution is 2.33. The van der Waals surface area contributed by atoms with Crippen molar-refractivity contribution in [2.75, 3.05) is 0 Å². The lowest BCUT2D eigenvalue weighted by Gasteiger charge is -2.24. The average Bonchev–Trinajstić information content (AvgIpc) is 2.78. The third-order valence-electron chi connectivity index (χ3n) is 4.17. The van der Waals surface area contributed by atoms with Gasteiger partial charge in [0.2, 0.25) is 0 Å². The number of alkyl halides is 1. The monoisotopic (exact) mass is 278 g/mol. The Labute approximate surface area is 120 Å². The second-order valence-corrected chi connectivity index (χ2v) is 6.18. The number of rotatable bonds is 4. The number of para-hydroxylation sites is 1. The Kier molecular flexibility index (Phi) is 4.19. The van der Waals surface area contributed by atoms with E-state index in [9.17, 15) is 0 Å². The lowest BCUT2D eigenvalue weighted by molar-refractivity contribution is 0.368. The smallest absolute Gasteiger partial charge is 0.127 e. The maximum absolute atomic E-state index is 6.34. The van der Waals surface area contributed by atoms with Gasteiger partial charge < -0.3 is 4.57 Å². The standard InChI is InChI=1S/C16H23ClN2/c1-6-10(2)13(5)19-15-11(3)8-7-9-14(15)18-16(19)12(4)17/h7-10,12-13H,6H2,1-5H3. The molecule has 104 valence electrons. The van der Waals surface area contributed by atoms with Crippen molar-refractivity contribution in [3.05, 3.63) is 29.6 Å². The molecule has 0 spiro atoms. The molecule has 19 heavy (non-hydrogen) atoms. The van der Waals surface area contributed by atoms with Gasteiger partial charge >= 0.3 is 0 Å². The second-order valence-electron chi connectivity index (χ2n) is 5.52. The van der Waals surface area contributed by atoms with E-state index in [1.165, 1.54) is 11.1 Å². The van der Waals surface area contributed by atoms with Gasteiger partial charge in [0.05, 0.1) is 16.4 Å². The summed E-state index contributed by atoms with van der Waals surface area (Å²) in [4.78, 5) is 4.74. The number of halogens is 1. The number of hydrogen-bond donors (Lipinski definition) is 0. The van der Waals surface area contributed by atoms with Gasteiger partial charge in [0.15, 0.2) is 0 Å². The molecule has 0 aliphatic carbocycles. The number of benzene rings is 1. The summed E-state index contributed by atoms with van der Waals surface area (Å²) in [7, 11) is 0. The van der Waals surface area contributed by atoms with E-state index < -0.39 is 0 Å². The zero-order valence-electron chi connectivity index (χ0n) is 12.4. The van der Waals surface area contributed by atoms with Crippen molar-refractivity contribution < 1.29 is 0 Å². The van der Waals surface area contributed by atoms with Crippen LogP contribution in [0.5, 0.6) is 0 Å². The normalized spacial score (nSPS) is 16.5. The Morgan fingerprint density at radius 2 is 1.95 bits per heavy atom. The summed E-state index contributed by atoms with van der Waals surface area (Å²) in [6.07, 6.45) is 1.16. The molecule has 1 aromatic heterocycles. The molecule has 0 aliphatic heterocycles. The molecule has 0 bridgehead atoms. The van der Waals surface area contributed by atoms with Crippen LogP contribution in [0.4, 0.5) is 0 Å². The summed E-state index contributed by atoms with van der Waals surface area (Å²) >= 11 is 6.34. The molecule has 2 nitrogen and oxygen atoms in total. The van der Waals surface area contributed by atoms with Crippen molar-refractivity contribution in [3.63, 3.8) is 0 Å². The Morgan fingerprint density at radius 1 is 1.26 bits per heavy atom. The molecule has 0 saturated carbocycles. The second kappa shape index (κ2) is 5.54. The number of nitrogens with zero attached hydrogens (tertiary/aromatic N) is 2. The molecular formula is C16H23ClN2. The third-order valence-corrected chi connectivity index (χ3v) is 4.36. The van der Waals surface area contributed by atoms with Gasteiger partial charge in [0, 0.05) is 6.04 Å². The number of hydrogen-bond acceptors (Lipinski definition) is 1. The van der Waals surface area contributed by atoms with E-state index >= 15 is 0 Å². The topological polar surface area (TPSA) is 17.8 Å². The highest BCUT2D eigenvalue weighted by Gasteiger charge is 2.22. The molecule has 0 saturated heterocycles.